The lowest BCUT2D eigenvalue weighted by molar-refractivity contribution is 0.0760. The van der Waals surface area contributed by atoms with Crippen molar-refractivity contribution in [3.63, 3.8) is 0 Å². The van der Waals surface area contributed by atoms with E-state index in [1.807, 2.05) is 0 Å². The van der Waals surface area contributed by atoms with E-state index in [0.717, 1.165) is 31.0 Å². The van der Waals surface area contributed by atoms with Crippen LogP contribution in [0.1, 0.15) is 46.0 Å². The van der Waals surface area contributed by atoms with E-state index in [-0.39, 0.29) is 0 Å². The van der Waals surface area contributed by atoms with Crippen LogP contribution in [0.3, 0.4) is 0 Å². The van der Waals surface area contributed by atoms with Crippen LogP contribution < -0.4 is 5.32 Å². The molecule has 1 saturated carbocycles. The monoisotopic (exact) mass is 211 g/mol. The molecule has 2 nitrogen and oxygen atoms in total. The topological polar surface area (TPSA) is 21.3 Å². The number of rotatable bonds is 6. The third-order valence-electron chi connectivity index (χ3n) is 3.93. The van der Waals surface area contributed by atoms with E-state index in [4.69, 9.17) is 4.74 Å². The zero-order valence-electron chi connectivity index (χ0n) is 10.2. The summed E-state index contributed by atoms with van der Waals surface area (Å²) in [4.78, 5) is 0. The molecule has 1 saturated heterocycles. The molecule has 3 unspecified atom stereocenters. The van der Waals surface area contributed by atoms with Crippen LogP contribution >= 0.6 is 0 Å². The Morgan fingerprint density at radius 2 is 2.07 bits per heavy atom. The Labute approximate surface area is 93.8 Å². The first-order valence-electron chi connectivity index (χ1n) is 6.70. The Morgan fingerprint density at radius 1 is 1.27 bits per heavy atom. The second kappa shape index (κ2) is 5.31. The minimum Gasteiger partial charge on any atom is -0.378 e. The maximum absolute atomic E-state index is 5.80. The third-order valence-corrected chi connectivity index (χ3v) is 3.93. The molecular formula is C13H25NO. The van der Waals surface area contributed by atoms with E-state index < -0.39 is 0 Å². The van der Waals surface area contributed by atoms with Crippen LogP contribution in [0.15, 0.2) is 0 Å². The minimum atomic E-state index is 0.521. The molecule has 88 valence electrons. The van der Waals surface area contributed by atoms with Gasteiger partial charge in [-0.15, -0.1) is 0 Å². The molecule has 0 amide bonds. The molecule has 0 bridgehead atoms. The van der Waals surface area contributed by atoms with Crippen LogP contribution in [0.2, 0.25) is 0 Å². The van der Waals surface area contributed by atoms with Crippen molar-refractivity contribution < 1.29 is 4.74 Å². The van der Waals surface area contributed by atoms with E-state index in [1.54, 1.807) is 0 Å². The largest absolute Gasteiger partial charge is 0.378 e. The number of ether oxygens (including phenoxy) is 1. The molecule has 0 spiro atoms. The van der Waals surface area contributed by atoms with Gasteiger partial charge in [0, 0.05) is 18.6 Å². The van der Waals surface area contributed by atoms with E-state index in [2.05, 4.69) is 19.2 Å². The fourth-order valence-corrected chi connectivity index (χ4v) is 2.93. The Morgan fingerprint density at radius 3 is 2.67 bits per heavy atom. The van der Waals surface area contributed by atoms with Crippen molar-refractivity contribution in [1.82, 2.24) is 5.32 Å². The van der Waals surface area contributed by atoms with Crippen molar-refractivity contribution in [3.8, 4) is 0 Å². The molecule has 1 N–H and O–H groups in total. The molecule has 2 heteroatoms. The average Bonchev–Trinajstić information content (AvgIpc) is 2.93. The van der Waals surface area contributed by atoms with E-state index in [1.165, 1.54) is 32.1 Å². The smallest absolute Gasteiger partial charge is 0.0616 e. The normalized spacial score (nSPS) is 33.2. The van der Waals surface area contributed by atoms with Crippen LogP contribution in [0, 0.1) is 11.8 Å². The highest BCUT2D eigenvalue weighted by molar-refractivity contribution is 4.89. The van der Waals surface area contributed by atoms with Gasteiger partial charge in [-0.25, -0.2) is 0 Å². The Balaban J connectivity index is 1.88. The number of hydrogen-bond acceptors (Lipinski definition) is 2. The molecular weight excluding hydrogens is 186 g/mol. The molecule has 0 radical (unpaired) electrons. The first-order chi connectivity index (χ1) is 7.35. The third kappa shape index (κ3) is 2.94. The predicted molar refractivity (Wildman–Crippen MR) is 62.9 cm³/mol. The lowest BCUT2D eigenvalue weighted by atomic mass is 9.88. The Kier molecular flexibility index (Phi) is 4.04. The Bertz CT molecular complexity index is 191. The van der Waals surface area contributed by atoms with Gasteiger partial charge in [0.2, 0.25) is 0 Å². The highest BCUT2D eigenvalue weighted by atomic mass is 16.5. The van der Waals surface area contributed by atoms with E-state index >= 15 is 0 Å². The minimum absolute atomic E-state index is 0.521. The summed E-state index contributed by atoms with van der Waals surface area (Å²) in [6.07, 6.45) is 7.28. The SMILES string of the molecule is CCNC(CC1CC1)C1CCOC1CC. The molecule has 1 heterocycles. The van der Waals surface area contributed by atoms with Crippen LogP contribution in [0.5, 0.6) is 0 Å². The van der Waals surface area contributed by atoms with Gasteiger partial charge in [-0.05, 0) is 31.7 Å². The first kappa shape index (κ1) is 11.4. The van der Waals surface area contributed by atoms with Crippen LogP contribution in [0.4, 0.5) is 0 Å². The van der Waals surface area contributed by atoms with Crippen molar-refractivity contribution >= 4 is 0 Å². The lowest BCUT2D eigenvalue weighted by Crippen LogP contribution is -2.40. The molecule has 15 heavy (non-hydrogen) atoms. The lowest BCUT2D eigenvalue weighted by Gasteiger charge is -2.27. The Hall–Kier alpha value is -0.0800. The summed E-state index contributed by atoms with van der Waals surface area (Å²) < 4.78 is 5.80. The number of nitrogens with one attached hydrogen (secondary N) is 1. The molecule has 2 aliphatic rings. The fourth-order valence-electron chi connectivity index (χ4n) is 2.93. The standard InChI is InChI=1S/C13H25NO/c1-3-13-11(7-8-15-13)12(14-4-2)9-10-5-6-10/h10-14H,3-9H2,1-2H3. The summed E-state index contributed by atoms with van der Waals surface area (Å²) in [6.45, 7) is 6.56. The summed E-state index contributed by atoms with van der Waals surface area (Å²) in [6, 6.07) is 0.718. The van der Waals surface area contributed by atoms with Crippen molar-refractivity contribution in [3.05, 3.63) is 0 Å². The number of hydrogen-bond donors (Lipinski definition) is 1. The summed E-state index contributed by atoms with van der Waals surface area (Å²) in [5.41, 5.74) is 0. The maximum atomic E-state index is 5.80. The second-order valence-corrected chi connectivity index (χ2v) is 5.11. The van der Waals surface area contributed by atoms with Gasteiger partial charge in [0.1, 0.15) is 0 Å². The maximum Gasteiger partial charge on any atom is 0.0616 e. The van der Waals surface area contributed by atoms with Gasteiger partial charge in [0.25, 0.3) is 0 Å². The average molecular weight is 211 g/mol. The summed E-state index contributed by atoms with van der Waals surface area (Å²) >= 11 is 0. The van der Waals surface area contributed by atoms with Crippen molar-refractivity contribution in [2.24, 2.45) is 11.8 Å². The van der Waals surface area contributed by atoms with Crippen molar-refractivity contribution in [2.45, 2.75) is 58.1 Å². The molecule has 1 aliphatic carbocycles. The highest BCUT2D eigenvalue weighted by Crippen LogP contribution is 2.37. The first-order valence-corrected chi connectivity index (χ1v) is 6.70. The predicted octanol–water partition coefficient (Wildman–Crippen LogP) is 2.58. The van der Waals surface area contributed by atoms with Gasteiger partial charge in [-0.1, -0.05) is 26.7 Å². The molecule has 2 fully saturated rings. The molecule has 0 aromatic carbocycles. The van der Waals surface area contributed by atoms with Crippen LogP contribution in [0.25, 0.3) is 0 Å². The van der Waals surface area contributed by atoms with Gasteiger partial charge in [-0.3, -0.25) is 0 Å². The summed E-state index contributed by atoms with van der Waals surface area (Å²) in [5, 5.41) is 3.68. The molecule has 3 atom stereocenters. The summed E-state index contributed by atoms with van der Waals surface area (Å²) in [7, 11) is 0. The van der Waals surface area contributed by atoms with Gasteiger partial charge in [0.05, 0.1) is 6.10 Å². The summed E-state index contributed by atoms with van der Waals surface area (Å²) in [5.74, 6) is 1.79. The zero-order chi connectivity index (χ0) is 10.7. The molecule has 0 aromatic heterocycles. The van der Waals surface area contributed by atoms with Gasteiger partial charge < -0.3 is 10.1 Å². The second-order valence-electron chi connectivity index (χ2n) is 5.11. The van der Waals surface area contributed by atoms with Crippen LogP contribution in [-0.4, -0.2) is 25.3 Å². The van der Waals surface area contributed by atoms with E-state index in [0.29, 0.717) is 6.10 Å². The van der Waals surface area contributed by atoms with Crippen molar-refractivity contribution in [2.75, 3.05) is 13.2 Å². The fraction of sp³-hybridized carbons (Fsp3) is 1.00. The van der Waals surface area contributed by atoms with Gasteiger partial charge >= 0.3 is 0 Å². The van der Waals surface area contributed by atoms with Gasteiger partial charge in [0.15, 0.2) is 0 Å². The van der Waals surface area contributed by atoms with Crippen LogP contribution in [-0.2, 0) is 4.74 Å². The molecule has 1 aliphatic heterocycles. The molecule has 2 rings (SSSR count). The van der Waals surface area contributed by atoms with Crippen molar-refractivity contribution in [1.29, 1.82) is 0 Å². The zero-order valence-corrected chi connectivity index (χ0v) is 10.2. The molecule has 0 aromatic rings. The quantitative estimate of drug-likeness (QED) is 0.729. The van der Waals surface area contributed by atoms with E-state index in [9.17, 15) is 0 Å². The van der Waals surface area contributed by atoms with Gasteiger partial charge in [-0.2, -0.15) is 0 Å². The highest BCUT2D eigenvalue weighted by Gasteiger charge is 2.36.